The fraction of sp³-hybridized carbons (Fsp3) is 0.261. The van der Waals surface area contributed by atoms with Crippen LogP contribution in [0.4, 0.5) is 0 Å². The first-order valence-corrected chi connectivity index (χ1v) is 10.7. The fourth-order valence-corrected chi connectivity index (χ4v) is 3.96. The summed E-state index contributed by atoms with van der Waals surface area (Å²) in [5.74, 6) is -0.240. The Morgan fingerprint density at radius 2 is 1.90 bits per heavy atom. The van der Waals surface area contributed by atoms with E-state index in [0.29, 0.717) is 45.7 Å². The molecular formula is C23H21Cl2N3O3. The average molecular weight is 458 g/mol. The van der Waals surface area contributed by atoms with Gasteiger partial charge in [0.15, 0.2) is 0 Å². The molecule has 2 aromatic carbocycles. The number of nitrogens with one attached hydrogen (secondary N) is 1. The van der Waals surface area contributed by atoms with E-state index < -0.39 is 0 Å². The third-order valence-electron chi connectivity index (χ3n) is 5.23. The van der Waals surface area contributed by atoms with Gasteiger partial charge in [-0.2, -0.15) is 5.10 Å². The number of nitrogens with zero attached hydrogens (tertiary/aromatic N) is 2. The lowest BCUT2D eigenvalue weighted by atomic mass is 10.1. The van der Waals surface area contributed by atoms with Crippen molar-refractivity contribution in [3.8, 4) is 5.69 Å². The van der Waals surface area contributed by atoms with Crippen LogP contribution in [0.2, 0.25) is 10.0 Å². The number of aromatic nitrogens is 2. The van der Waals surface area contributed by atoms with Crippen molar-refractivity contribution in [2.45, 2.75) is 25.2 Å². The van der Waals surface area contributed by atoms with Gasteiger partial charge >= 0.3 is 5.97 Å². The standard InChI is InChI=1S/C23H21Cl2N3O3/c1-31-23(30)16-4-2-14(3-5-16)10-11-26-22(29)18-13-27-28(21(18)15-6-7-15)20-9-8-17(24)12-19(20)25/h2-5,8-9,12-13,15H,6-7,10-11H2,1H3,(H,26,29). The monoisotopic (exact) mass is 457 g/mol. The minimum Gasteiger partial charge on any atom is -0.465 e. The molecular weight excluding hydrogens is 437 g/mol. The number of benzene rings is 2. The second kappa shape index (κ2) is 9.12. The van der Waals surface area contributed by atoms with E-state index in [1.165, 1.54) is 7.11 Å². The van der Waals surface area contributed by atoms with Crippen molar-refractivity contribution < 1.29 is 14.3 Å². The molecule has 1 N–H and O–H groups in total. The molecule has 0 aliphatic heterocycles. The van der Waals surface area contributed by atoms with Gasteiger partial charge in [0, 0.05) is 17.5 Å². The van der Waals surface area contributed by atoms with Gasteiger partial charge in [-0.3, -0.25) is 4.79 Å². The minimum atomic E-state index is -0.370. The molecule has 3 aromatic rings. The summed E-state index contributed by atoms with van der Waals surface area (Å²) in [7, 11) is 1.35. The molecule has 0 bridgehead atoms. The van der Waals surface area contributed by atoms with Gasteiger partial charge in [-0.15, -0.1) is 0 Å². The molecule has 31 heavy (non-hydrogen) atoms. The first-order chi connectivity index (χ1) is 15.0. The van der Waals surface area contributed by atoms with Crippen molar-refractivity contribution in [1.29, 1.82) is 0 Å². The molecule has 1 amide bonds. The van der Waals surface area contributed by atoms with E-state index in [2.05, 4.69) is 10.4 Å². The van der Waals surface area contributed by atoms with Gasteiger partial charge in [-0.1, -0.05) is 35.3 Å². The van der Waals surface area contributed by atoms with Crippen molar-refractivity contribution in [3.05, 3.63) is 81.1 Å². The summed E-state index contributed by atoms with van der Waals surface area (Å²) < 4.78 is 6.45. The molecule has 0 atom stereocenters. The topological polar surface area (TPSA) is 73.2 Å². The summed E-state index contributed by atoms with van der Waals surface area (Å²) in [6, 6.07) is 12.4. The van der Waals surface area contributed by atoms with Crippen LogP contribution in [0.25, 0.3) is 5.69 Å². The Bertz CT molecular complexity index is 1120. The Hall–Kier alpha value is -2.83. The molecule has 1 fully saturated rings. The van der Waals surface area contributed by atoms with Crippen LogP contribution in [0.5, 0.6) is 0 Å². The van der Waals surface area contributed by atoms with Crippen LogP contribution in [0.1, 0.15) is 50.7 Å². The number of rotatable bonds is 7. The quantitative estimate of drug-likeness (QED) is 0.516. The average Bonchev–Trinajstić information content (AvgIpc) is 3.52. The summed E-state index contributed by atoms with van der Waals surface area (Å²) >= 11 is 12.4. The predicted octanol–water partition coefficient (Wildman–Crippen LogP) is 4.82. The van der Waals surface area contributed by atoms with Gasteiger partial charge in [-0.05, 0) is 55.2 Å². The number of amides is 1. The van der Waals surface area contributed by atoms with Crippen molar-refractivity contribution in [2.24, 2.45) is 0 Å². The third-order valence-corrected chi connectivity index (χ3v) is 5.77. The van der Waals surface area contributed by atoms with E-state index in [0.717, 1.165) is 24.1 Å². The number of ether oxygens (including phenoxy) is 1. The van der Waals surface area contributed by atoms with Crippen molar-refractivity contribution in [1.82, 2.24) is 15.1 Å². The SMILES string of the molecule is COC(=O)c1ccc(CCNC(=O)c2cnn(-c3ccc(Cl)cc3Cl)c2C2CC2)cc1. The molecule has 6 nitrogen and oxygen atoms in total. The molecule has 4 rings (SSSR count). The second-order valence-electron chi connectivity index (χ2n) is 7.42. The Kier molecular flexibility index (Phi) is 6.30. The summed E-state index contributed by atoms with van der Waals surface area (Å²) in [4.78, 5) is 24.4. The molecule has 1 heterocycles. The molecule has 0 unspecified atom stereocenters. The number of hydrogen-bond donors (Lipinski definition) is 1. The number of methoxy groups -OCH3 is 1. The zero-order valence-corrected chi connectivity index (χ0v) is 18.4. The highest BCUT2D eigenvalue weighted by molar-refractivity contribution is 6.35. The molecule has 0 spiro atoms. The summed E-state index contributed by atoms with van der Waals surface area (Å²) in [5, 5.41) is 8.45. The van der Waals surface area contributed by atoms with E-state index in [1.54, 1.807) is 35.1 Å². The van der Waals surface area contributed by atoms with Crippen LogP contribution >= 0.6 is 23.2 Å². The van der Waals surface area contributed by atoms with E-state index in [9.17, 15) is 9.59 Å². The largest absolute Gasteiger partial charge is 0.465 e. The highest BCUT2D eigenvalue weighted by Crippen LogP contribution is 2.43. The van der Waals surface area contributed by atoms with Crippen LogP contribution in [0, 0.1) is 0 Å². The molecule has 1 saturated carbocycles. The molecule has 1 aliphatic carbocycles. The number of esters is 1. The summed E-state index contributed by atoms with van der Waals surface area (Å²) in [6.07, 6.45) is 4.27. The third kappa shape index (κ3) is 4.75. The lowest BCUT2D eigenvalue weighted by molar-refractivity contribution is 0.0600. The van der Waals surface area contributed by atoms with Gasteiger partial charge in [0.05, 0.1) is 40.8 Å². The smallest absolute Gasteiger partial charge is 0.337 e. The summed E-state index contributed by atoms with van der Waals surface area (Å²) in [5.41, 5.74) is 3.66. The first-order valence-electron chi connectivity index (χ1n) is 9.96. The van der Waals surface area contributed by atoms with Crippen LogP contribution in [0.15, 0.2) is 48.7 Å². The number of carbonyl (C=O) groups excluding carboxylic acids is 2. The zero-order valence-electron chi connectivity index (χ0n) is 16.9. The van der Waals surface area contributed by atoms with Gasteiger partial charge in [-0.25, -0.2) is 9.48 Å². The van der Waals surface area contributed by atoms with Crippen LogP contribution < -0.4 is 5.32 Å². The van der Waals surface area contributed by atoms with E-state index in [-0.39, 0.29) is 11.9 Å². The highest BCUT2D eigenvalue weighted by Gasteiger charge is 2.33. The maximum Gasteiger partial charge on any atom is 0.337 e. The van der Waals surface area contributed by atoms with Gasteiger partial charge in [0.25, 0.3) is 5.91 Å². The van der Waals surface area contributed by atoms with E-state index in [1.807, 2.05) is 18.2 Å². The number of halogens is 2. The fourth-order valence-electron chi connectivity index (χ4n) is 3.47. The minimum absolute atomic E-state index is 0.163. The Balaban J connectivity index is 1.45. The molecule has 8 heteroatoms. The van der Waals surface area contributed by atoms with Crippen LogP contribution in [0.3, 0.4) is 0 Å². The zero-order chi connectivity index (χ0) is 22.0. The summed E-state index contributed by atoms with van der Waals surface area (Å²) in [6.45, 7) is 0.466. The highest BCUT2D eigenvalue weighted by atomic mass is 35.5. The molecule has 1 aliphatic rings. The normalized spacial score (nSPS) is 13.1. The lowest BCUT2D eigenvalue weighted by Gasteiger charge is -2.11. The van der Waals surface area contributed by atoms with E-state index in [4.69, 9.17) is 27.9 Å². The molecule has 1 aromatic heterocycles. The Morgan fingerprint density at radius 1 is 1.16 bits per heavy atom. The van der Waals surface area contributed by atoms with Gasteiger partial charge in [0.2, 0.25) is 0 Å². The molecule has 0 saturated heterocycles. The maximum atomic E-state index is 12.9. The Morgan fingerprint density at radius 3 is 2.55 bits per heavy atom. The molecule has 0 radical (unpaired) electrons. The first kappa shape index (κ1) is 21.4. The second-order valence-corrected chi connectivity index (χ2v) is 8.26. The van der Waals surface area contributed by atoms with Crippen molar-refractivity contribution in [2.75, 3.05) is 13.7 Å². The Labute approximate surface area is 190 Å². The van der Waals surface area contributed by atoms with E-state index >= 15 is 0 Å². The van der Waals surface area contributed by atoms with Crippen molar-refractivity contribution >= 4 is 35.1 Å². The van der Waals surface area contributed by atoms with Crippen molar-refractivity contribution in [3.63, 3.8) is 0 Å². The maximum absolute atomic E-state index is 12.9. The van der Waals surface area contributed by atoms with Crippen LogP contribution in [-0.2, 0) is 11.2 Å². The van der Waals surface area contributed by atoms with Crippen LogP contribution in [-0.4, -0.2) is 35.3 Å². The predicted molar refractivity (Wildman–Crippen MR) is 119 cm³/mol. The van der Waals surface area contributed by atoms with Gasteiger partial charge < -0.3 is 10.1 Å². The number of carbonyl (C=O) groups is 2. The van der Waals surface area contributed by atoms with Gasteiger partial charge in [0.1, 0.15) is 0 Å². The number of hydrogen-bond acceptors (Lipinski definition) is 4. The lowest BCUT2D eigenvalue weighted by Crippen LogP contribution is -2.26. The molecule has 160 valence electrons.